The first-order valence-electron chi connectivity index (χ1n) is 11.4. The second-order valence-corrected chi connectivity index (χ2v) is 9.82. The molecule has 0 fully saturated rings. The van der Waals surface area contributed by atoms with Crippen LogP contribution < -0.4 is 10.9 Å². The fourth-order valence-corrected chi connectivity index (χ4v) is 4.00. The Balaban J connectivity index is 1.76. The third-order valence-electron chi connectivity index (χ3n) is 5.48. The Morgan fingerprint density at radius 3 is 2.56 bits per heavy atom. The number of esters is 1. The lowest BCUT2D eigenvalue weighted by Crippen LogP contribution is -2.32. The standard InChI is InChI=1S/C24H27FN6O5/c1-13(2)29-11-16-21(23(29)35)30(12-18(32)27-17-7-6-14(25)10-26-17)19-8-15(28-31(19)22(16)34)9-20(33)36-24(3,4)5/h6-8,10,13H,9,11-12H2,1-5H3,(H,26,27,32). The molecule has 0 aromatic carbocycles. The average molecular weight is 499 g/mol. The van der Waals surface area contributed by atoms with E-state index in [1.54, 1.807) is 20.8 Å². The highest BCUT2D eigenvalue weighted by molar-refractivity contribution is 5.98. The summed E-state index contributed by atoms with van der Waals surface area (Å²) >= 11 is 0. The van der Waals surface area contributed by atoms with Crippen molar-refractivity contribution in [2.45, 2.75) is 65.8 Å². The van der Waals surface area contributed by atoms with E-state index in [-0.39, 0.29) is 59.9 Å². The normalized spacial score (nSPS) is 13.4. The molecule has 36 heavy (non-hydrogen) atoms. The topological polar surface area (TPSA) is 128 Å². The van der Waals surface area contributed by atoms with Gasteiger partial charge in [0, 0.05) is 12.1 Å². The third kappa shape index (κ3) is 4.97. The number of pyridine rings is 1. The molecular weight excluding hydrogens is 471 g/mol. The van der Waals surface area contributed by atoms with Gasteiger partial charge in [-0.2, -0.15) is 9.61 Å². The molecule has 0 spiro atoms. The van der Waals surface area contributed by atoms with Crippen LogP contribution in [0.1, 0.15) is 56.4 Å². The first kappa shape index (κ1) is 25.0. The Labute approximate surface area is 205 Å². The van der Waals surface area contributed by atoms with Crippen LogP contribution in [0.15, 0.2) is 29.2 Å². The minimum absolute atomic E-state index is 0.0724. The van der Waals surface area contributed by atoms with Crippen molar-refractivity contribution in [3.63, 3.8) is 0 Å². The number of fused-ring (bicyclic) bond motifs is 2. The Morgan fingerprint density at radius 1 is 1.22 bits per heavy atom. The predicted molar refractivity (Wildman–Crippen MR) is 127 cm³/mol. The number of amides is 2. The van der Waals surface area contributed by atoms with Gasteiger partial charge >= 0.3 is 5.97 Å². The van der Waals surface area contributed by atoms with Crippen molar-refractivity contribution < 1.29 is 23.5 Å². The zero-order chi connectivity index (χ0) is 26.4. The largest absolute Gasteiger partial charge is 0.460 e. The van der Waals surface area contributed by atoms with E-state index in [0.717, 1.165) is 16.8 Å². The number of carbonyl (C=O) groups excluding carboxylic acids is 3. The summed E-state index contributed by atoms with van der Waals surface area (Å²) in [4.78, 5) is 57.1. The van der Waals surface area contributed by atoms with E-state index in [2.05, 4.69) is 15.4 Å². The van der Waals surface area contributed by atoms with Gasteiger partial charge in [-0.25, -0.2) is 9.37 Å². The van der Waals surface area contributed by atoms with Crippen LogP contribution in [-0.2, 0) is 33.8 Å². The van der Waals surface area contributed by atoms with Crippen molar-refractivity contribution in [1.82, 2.24) is 24.1 Å². The highest BCUT2D eigenvalue weighted by atomic mass is 19.1. The number of aromatic nitrogens is 4. The SMILES string of the molecule is CC(C)N1Cc2c(n(CC(=O)Nc3ccc(F)cn3)c3cc(CC(=O)OC(C)(C)C)nn3c2=O)C1=O. The smallest absolute Gasteiger partial charge is 0.312 e. The van der Waals surface area contributed by atoms with Crippen LogP contribution >= 0.6 is 0 Å². The van der Waals surface area contributed by atoms with Gasteiger partial charge in [0.1, 0.15) is 35.1 Å². The molecule has 4 rings (SSSR count). The monoisotopic (exact) mass is 498 g/mol. The molecule has 1 N–H and O–H groups in total. The fourth-order valence-electron chi connectivity index (χ4n) is 4.00. The van der Waals surface area contributed by atoms with E-state index >= 15 is 0 Å². The van der Waals surface area contributed by atoms with Gasteiger partial charge in [0.2, 0.25) is 5.91 Å². The van der Waals surface area contributed by atoms with Crippen molar-refractivity contribution in [1.29, 1.82) is 0 Å². The lowest BCUT2D eigenvalue weighted by Gasteiger charge is -2.20. The summed E-state index contributed by atoms with van der Waals surface area (Å²) in [6, 6.07) is 3.77. The minimum Gasteiger partial charge on any atom is -0.460 e. The molecule has 190 valence electrons. The molecule has 12 heteroatoms. The minimum atomic E-state index is -0.694. The summed E-state index contributed by atoms with van der Waals surface area (Å²) in [7, 11) is 0. The maximum atomic E-state index is 13.3. The van der Waals surface area contributed by atoms with Crippen molar-refractivity contribution in [3.8, 4) is 0 Å². The molecule has 11 nitrogen and oxygen atoms in total. The van der Waals surface area contributed by atoms with Crippen molar-refractivity contribution in [2.24, 2.45) is 0 Å². The number of hydrogen-bond acceptors (Lipinski definition) is 7. The van der Waals surface area contributed by atoms with Gasteiger partial charge in [-0.1, -0.05) is 0 Å². The summed E-state index contributed by atoms with van der Waals surface area (Å²) in [5.74, 6) is -1.89. The third-order valence-corrected chi connectivity index (χ3v) is 5.48. The van der Waals surface area contributed by atoms with Crippen LogP contribution in [0.2, 0.25) is 0 Å². The Morgan fingerprint density at radius 2 is 1.94 bits per heavy atom. The Hall–Kier alpha value is -4.09. The Kier molecular flexibility index (Phi) is 6.37. The number of anilines is 1. The number of hydrogen-bond donors (Lipinski definition) is 1. The molecule has 0 bridgehead atoms. The van der Waals surface area contributed by atoms with Gasteiger partial charge in [-0.15, -0.1) is 0 Å². The molecule has 0 unspecified atom stereocenters. The van der Waals surface area contributed by atoms with Crippen LogP contribution in [-0.4, -0.2) is 53.5 Å². The molecule has 0 aliphatic carbocycles. The number of rotatable bonds is 6. The Bertz CT molecular complexity index is 1420. The van der Waals surface area contributed by atoms with Gasteiger partial charge in [-0.3, -0.25) is 19.2 Å². The van der Waals surface area contributed by atoms with E-state index < -0.39 is 28.9 Å². The molecule has 0 saturated carbocycles. The van der Waals surface area contributed by atoms with E-state index in [9.17, 15) is 23.6 Å². The maximum Gasteiger partial charge on any atom is 0.312 e. The van der Waals surface area contributed by atoms with Gasteiger partial charge in [0.15, 0.2) is 0 Å². The zero-order valence-corrected chi connectivity index (χ0v) is 20.7. The van der Waals surface area contributed by atoms with E-state index in [1.165, 1.54) is 21.6 Å². The van der Waals surface area contributed by atoms with Crippen LogP contribution in [0.5, 0.6) is 0 Å². The lowest BCUT2D eigenvalue weighted by molar-refractivity contribution is -0.154. The molecule has 1 aliphatic rings. The summed E-state index contributed by atoms with van der Waals surface area (Å²) in [5, 5.41) is 6.84. The van der Waals surface area contributed by atoms with Crippen LogP contribution in [0.3, 0.4) is 0 Å². The van der Waals surface area contributed by atoms with Crippen LogP contribution in [0.25, 0.3) is 5.65 Å². The second-order valence-electron chi connectivity index (χ2n) is 9.82. The highest BCUT2D eigenvalue weighted by Crippen LogP contribution is 2.24. The summed E-state index contributed by atoms with van der Waals surface area (Å²) in [6.07, 6.45) is 0.773. The zero-order valence-electron chi connectivity index (χ0n) is 20.7. The molecule has 0 radical (unpaired) electrons. The van der Waals surface area contributed by atoms with Gasteiger partial charge in [0.05, 0.1) is 30.4 Å². The molecule has 0 atom stereocenters. The number of ether oxygens (including phenoxy) is 1. The van der Waals surface area contributed by atoms with E-state index in [1.807, 2.05) is 13.8 Å². The van der Waals surface area contributed by atoms with E-state index in [4.69, 9.17) is 4.74 Å². The summed E-state index contributed by atoms with van der Waals surface area (Å²) in [5.41, 5.74) is -0.456. The summed E-state index contributed by atoms with van der Waals surface area (Å²) < 4.78 is 21.0. The number of nitrogens with zero attached hydrogens (tertiary/aromatic N) is 5. The number of carbonyl (C=O) groups is 3. The molecule has 1 aliphatic heterocycles. The maximum absolute atomic E-state index is 13.3. The van der Waals surface area contributed by atoms with Crippen LogP contribution in [0.4, 0.5) is 10.2 Å². The lowest BCUT2D eigenvalue weighted by atomic mass is 10.2. The predicted octanol–water partition coefficient (Wildman–Crippen LogP) is 1.92. The van der Waals surface area contributed by atoms with Gasteiger partial charge in [-0.05, 0) is 46.8 Å². The number of halogens is 1. The number of nitrogens with one attached hydrogen (secondary N) is 1. The molecular formula is C24H27FN6O5. The van der Waals surface area contributed by atoms with Crippen molar-refractivity contribution >= 4 is 29.2 Å². The van der Waals surface area contributed by atoms with Crippen molar-refractivity contribution in [2.75, 3.05) is 5.32 Å². The molecule has 3 aromatic heterocycles. The van der Waals surface area contributed by atoms with Crippen molar-refractivity contribution in [3.05, 3.63) is 57.5 Å². The summed E-state index contributed by atoms with van der Waals surface area (Å²) in [6.45, 7) is 8.60. The molecule has 2 amide bonds. The highest BCUT2D eigenvalue weighted by Gasteiger charge is 2.36. The quantitative estimate of drug-likeness (QED) is 0.514. The first-order valence-corrected chi connectivity index (χ1v) is 11.4. The molecule has 3 aromatic rings. The first-order chi connectivity index (χ1) is 16.8. The average Bonchev–Trinajstić information content (AvgIpc) is 3.33. The molecule has 4 heterocycles. The second kappa shape index (κ2) is 9.17. The van der Waals surface area contributed by atoms with Gasteiger partial charge in [0.25, 0.3) is 11.5 Å². The van der Waals surface area contributed by atoms with Crippen LogP contribution in [0, 0.1) is 5.82 Å². The van der Waals surface area contributed by atoms with E-state index in [0.29, 0.717) is 0 Å². The fraction of sp³-hybridized carbons (Fsp3) is 0.417. The van der Waals surface area contributed by atoms with Gasteiger partial charge < -0.3 is 19.5 Å². The molecule has 0 saturated heterocycles.